The summed E-state index contributed by atoms with van der Waals surface area (Å²) in [5.41, 5.74) is 5.51. The van der Waals surface area contributed by atoms with E-state index < -0.39 is 0 Å². The summed E-state index contributed by atoms with van der Waals surface area (Å²) in [5, 5.41) is 3.18. The lowest BCUT2D eigenvalue weighted by Gasteiger charge is -2.11. The number of benzene rings is 2. The van der Waals surface area contributed by atoms with Crippen LogP contribution in [0.2, 0.25) is 0 Å². The highest BCUT2D eigenvalue weighted by Crippen LogP contribution is 2.29. The Kier molecular flexibility index (Phi) is 3.75. The van der Waals surface area contributed by atoms with Gasteiger partial charge in [-0.25, -0.2) is 0 Å². The minimum Gasteiger partial charge on any atom is -0.457 e. The van der Waals surface area contributed by atoms with Crippen LogP contribution in [-0.2, 0) is 19.4 Å². The number of fused-ring (bicyclic) bond motifs is 1. The van der Waals surface area contributed by atoms with Crippen molar-refractivity contribution in [2.75, 3.05) is 7.05 Å². The molecule has 2 heteroatoms. The minimum atomic E-state index is 0.894. The monoisotopic (exact) mass is 267 g/mol. The molecular weight excluding hydrogens is 246 g/mol. The quantitative estimate of drug-likeness (QED) is 0.904. The Labute approximate surface area is 120 Å². The number of hydrogen-bond donors (Lipinski definition) is 1. The van der Waals surface area contributed by atoms with Gasteiger partial charge in [0.1, 0.15) is 11.5 Å². The van der Waals surface area contributed by atoms with E-state index in [4.69, 9.17) is 4.74 Å². The van der Waals surface area contributed by atoms with Crippen LogP contribution in [0.1, 0.15) is 28.7 Å². The van der Waals surface area contributed by atoms with Gasteiger partial charge >= 0.3 is 0 Å². The molecule has 0 saturated carbocycles. The summed E-state index contributed by atoms with van der Waals surface area (Å²) in [4.78, 5) is 0. The third kappa shape index (κ3) is 2.70. The molecule has 0 bridgehead atoms. The average Bonchev–Trinajstić information content (AvgIpc) is 2.89. The molecule has 1 aliphatic rings. The van der Waals surface area contributed by atoms with E-state index in [1.165, 1.54) is 41.5 Å². The van der Waals surface area contributed by atoms with Gasteiger partial charge in [-0.15, -0.1) is 0 Å². The largest absolute Gasteiger partial charge is 0.457 e. The summed E-state index contributed by atoms with van der Waals surface area (Å²) in [6.07, 6.45) is 3.68. The first kappa shape index (κ1) is 13.2. The highest BCUT2D eigenvalue weighted by atomic mass is 16.5. The minimum absolute atomic E-state index is 0.894. The van der Waals surface area contributed by atoms with Gasteiger partial charge in [-0.3, -0.25) is 0 Å². The molecule has 2 nitrogen and oxygen atoms in total. The Morgan fingerprint density at radius 1 is 1.00 bits per heavy atom. The topological polar surface area (TPSA) is 21.3 Å². The second-order valence-corrected chi connectivity index (χ2v) is 5.50. The summed E-state index contributed by atoms with van der Waals surface area (Å²) in [7, 11) is 1.97. The lowest BCUT2D eigenvalue weighted by Crippen LogP contribution is -2.06. The van der Waals surface area contributed by atoms with Gasteiger partial charge in [0.05, 0.1) is 0 Å². The fraction of sp³-hybridized carbons (Fsp3) is 0.333. The first-order chi connectivity index (χ1) is 9.76. The van der Waals surface area contributed by atoms with Gasteiger partial charge in [0.15, 0.2) is 0 Å². The van der Waals surface area contributed by atoms with E-state index in [0.717, 1.165) is 18.0 Å². The Balaban J connectivity index is 1.79. The second kappa shape index (κ2) is 5.68. The predicted octanol–water partition coefficient (Wildman–Crippen LogP) is 4.00. The van der Waals surface area contributed by atoms with Crippen molar-refractivity contribution < 1.29 is 4.74 Å². The average molecular weight is 267 g/mol. The van der Waals surface area contributed by atoms with Crippen LogP contribution in [0.25, 0.3) is 0 Å². The van der Waals surface area contributed by atoms with Crippen LogP contribution < -0.4 is 10.1 Å². The predicted molar refractivity (Wildman–Crippen MR) is 82.5 cm³/mol. The van der Waals surface area contributed by atoms with Crippen LogP contribution in [-0.4, -0.2) is 7.05 Å². The van der Waals surface area contributed by atoms with Crippen molar-refractivity contribution in [1.82, 2.24) is 5.32 Å². The summed E-state index contributed by atoms with van der Waals surface area (Å²) in [6, 6.07) is 12.8. The highest BCUT2D eigenvalue weighted by molar-refractivity contribution is 5.42. The van der Waals surface area contributed by atoms with Crippen LogP contribution in [0.5, 0.6) is 11.5 Å². The molecule has 0 saturated heterocycles. The fourth-order valence-corrected chi connectivity index (χ4v) is 2.87. The lowest BCUT2D eigenvalue weighted by atomic mass is 10.1. The van der Waals surface area contributed by atoms with E-state index in [-0.39, 0.29) is 0 Å². The molecule has 0 fully saturated rings. The van der Waals surface area contributed by atoms with Crippen LogP contribution >= 0.6 is 0 Å². The van der Waals surface area contributed by atoms with Crippen LogP contribution in [0.3, 0.4) is 0 Å². The molecule has 1 aliphatic carbocycles. The second-order valence-electron chi connectivity index (χ2n) is 5.50. The first-order valence-electron chi connectivity index (χ1n) is 7.30. The van der Waals surface area contributed by atoms with Gasteiger partial charge in [0.25, 0.3) is 0 Å². The number of ether oxygens (including phenoxy) is 1. The van der Waals surface area contributed by atoms with E-state index in [9.17, 15) is 0 Å². The summed E-state index contributed by atoms with van der Waals surface area (Å²) >= 11 is 0. The Morgan fingerprint density at radius 3 is 2.55 bits per heavy atom. The lowest BCUT2D eigenvalue weighted by molar-refractivity contribution is 0.481. The number of hydrogen-bond acceptors (Lipinski definition) is 2. The van der Waals surface area contributed by atoms with Gasteiger partial charge in [0.2, 0.25) is 0 Å². The van der Waals surface area contributed by atoms with Crippen LogP contribution in [0.15, 0.2) is 36.4 Å². The fourth-order valence-electron chi connectivity index (χ4n) is 2.87. The van der Waals surface area contributed by atoms with Gasteiger partial charge in [-0.1, -0.05) is 12.1 Å². The zero-order valence-electron chi connectivity index (χ0n) is 12.2. The van der Waals surface area contributed by atoms with E-state index >= 15 is 0 Å². The molecular formula is C18H21NO. The summed E-state index contributed by atoms with van der Waals surface area (Å²) in [6.45, 7) is 3.02. The third-order valence-electron chi connectivity index (χ3n) is 3.99. The summed E-state index contributed by atoms with van der Waals surface area (Å²) < 4.78 is 6.00. The molecule has 0 heterocycles. The number of aryl methyl sites for hydroxylation is 3. The van der Waals surface area contributed by atoms with E-state index in [1.807, 2.05) is 13.1 Å². The molecule has 0 amide bonds. The van der Waals surface area contributed by atoms with Crippen molar-refractivity contribution in [1.29, 1.82) is 0 Å². The molecule has 0 unspecified atom stereocenters. The van der Waals surface area contributed by atoms with Gasteiger partial charge in [-0.2, -0.15) is 0 Å². The zero-order chi connectivity index (χ0) is 13.9. The number of rotatable bonds is 4. The Hall–Kier alpha value is -1.80. The van der Waals surface area contributed by atoms with Gasteiger partial charge in [-0.05, 0) is 79.8 Å². The molecule has 0 aliphatic heterocycles. The van der Waals surface area contributed by atoms with Gasteiger partial charge in [0, 0.05) is 6.54 Å². The smallest absolute Gasteiger partial charge is 0.127 e. The van der Waals surface area contributed by atoms with Crippen molar-refractivity contribution in [3.05, 3.63) is 58.7 Å². The molecule has 0 atom stereocenters. The molecule has 3 rings (SSSR count). The van der Waals surface area contributed by atoms with Crippen molar-refractivity contribution >= 4 is 0 Å². The molecule has 2 aromatic rings. The highest BCUT2D eigenvalue weighted by Gasteiger charge is 2.11. The Morgan fingerprint density at radius 2 is 1.75 bits per heavy atom. The van der Waals surface area contributed by atoms with Crippen molar-refractivity contribution in [3.8, 4) is 11.5 Å². The molecule has 20 heavy (non-hydrogen) atoms. The third-order valence-corrected chi connectivity index (χ3v) is 3.99. The molecule has 1 N–H and O–H groups in total. The molecule has 0 radical (unpaired) electrons. The van der Waals surface area contributed by atoms with Crippen molar-refractivity contribution in [2.24, 2.45) is 0 Å². The van der Waals surface area contributed by atoms with Gasteiger partial charge < -0.3 is 10.1 Å². The van der Waals surface area contributed by atoms with E-state index in [1.54, 1.807) is 0 Å². The maximum Gasteiger partial charge on any atom is 0.127 e. The normalized spacial score (nSPS) is 13.3. The summed E-state index contributed by atoms with van der Waals surface area (Å²) in [5.74, 6) is 1.87. The first-order valence-corrected chi connectivity index (χ1v) is 7.30. The van der Waals surface area contributed by atoms with Crippen LogP contribution in [0, 0.1) is 6.92 Å². The molecule has 104 valence electrons. The number of nitrogens with one attached hydrogen (secondary N) is 1. The molecule has 2 aromatic carbocycles. The van der Waals surface area contributed by atoms with Crippen molar-refractivity contribution in [3.63, 3.8) is 0 Å². The van der Waals surface area contributed by atoms with Crippen molar-refractivity contribution in [2.45, 2.75) is 32.7 Å². The standard InChI is InChI=1S/C18H21NO/c1-13-10-17(9-7-16(13)12-19-2)20-18-8-6-14-4-3-5-15(14)11-18/h6-11,19H,3-5,12H2,1-2H3. The maximum absolute atomic E-state index is 6.00. The van der Waals surface area contributed by atoms with E-state index in [0.29, 0.717) is 0 Å². The zero-order valence-corrected chi connectivity index (χ0v) is 12.2. The molecule has 0 spiro atoms. The molecule has 0 aromatic heterocycles. The SMILES string of the molecule is CNCc1ccc(Oc2ccc3c(c2)CCC3)cc1C. The Bertz CT molecular complexity index is 619. The maximum atomic E-state index is 6.00. The van der Waals surface area contributed by atoms with E-state index in [2.05, 4.69) is 42.6 Å². The van der Waals surface area contributed by atoms with Crippen LogP contribution in [0.4, 0.5) is 0 Å².